The number of aromatic nitrogens is 5. The highest BCUT2D eigenvalue weighted by atomic mass is 16.5. The van der Waals surface area contributed by atoms with Gasteiger partial charge >= 0.3 is 0 Å². The first kappa shape index (κ1) is 20.7. The Kier molecular flexibility index (Phi) is 4.94. The van der Waals surface area contributed by atoms with Gasteiger partial charge in [0.25, 0.3) is 0 Å². The number of aryl methyl sites for hydroxylation is 1. The molecule has 6 rings (SSSR count). The second kappa shape index (κ2) is 8.13. The molecule has 1 fully saturated rings. The lowest BCUT2D eigenvalue weighted by Crippen LogP contribution is -2.10. The number of rotatable bonds is 8. The Balaban J connectivity index is 1.43. The molecular formula is C26H27N6O2. The highest BCUT2D eigenvalue weighted by molar-refractivity contribution is 5.92. The van der Waals surface area contributed by atoms with E-state index in [1.165, 1.54) is 12.8 Å². The summed E-state index contributed by atoms with van der Waals surface area (Å²) in [5.74, 6) is 2.33. The van der Waals surface area contributed by atoms with Crippen molar-refractivity contribution in [3.05, 3.63) is 60.6 Å². The lowest BCUT2D eigenvalue weighted by molar-refractivity contribution is 0.293. The smallest absolute Gasteiger partial charge is 0.145 e. The average Bonchev–Trinajstić information content (AvgIpc) is 3.30. The predicted molar refractivity (Wildman–Crippen MR) is 131 cm³/mol. The Morgan fingerprint density at radius 2 is 2.09 bits per heavy atom. The average molecular weight is 456 g/mol. The highest BCUT2D eigenvalue weighted by Gasteiger charge is 2.27. The van der Waals surface area contributed by atoms with Gasteiger partial charge in [-0.05, 0) is 43.9 Å². The van der Waals surface area contributed by atoms with Gasteiger partial charge in [0.1, 0.15) is 29.3 Å². The van der Waals surface area contributed by atoms with E-state index in [4.69, 9.17) is 20.3 Å². The Morgan fingerprint density at radius 1 is 1.21 bits per heavy atom. The van der Waals surface area contributed by atoms with Gasteiger partial charge in [-0.25, -0.2) is 4.52 Å². The van der Waals surface area contributed by atoms with E-state index in [2.05, 4.69) is 34.8 Å². The second-order valence-corrected chi connectivity index (χ2v) is 8.94. The number of hydrogen-bond acceptors (Lipinski definition) is 5. The third-order valence-electron chi connectivity index (χ3n) is 6.51. The molecule has 5 aromatic rings. The van der Waals surface area contributed by atoms with Gasteiger partial charge in [0.05, 0.1) is 36.7 Å². The Bertz CT molecular complexity index is 1490. The monoisotopic (exact) mass is 455 g/mol. The molecule has 0 unspecified atom stereocenters. The van der Waals surface area contributed by atoms with E-state index in [1.807, 2.05) is 35.1 Å². The number of benzene rings is 1. The van der Waals surface area contributed by atoms with E-state index in [9.17, 15) is 0 Å². The van der Waals surface area contributed by atoms with Crippen molar-refractivity contribution in [2.24, 2.45) is 5.92 Å². The summed E-state index contributed by atoms with van der Waals surface area (Å²) in [6.45, 7) is 4.19. The molecule has 34 heavy (non-hydrogen) atoms. The first-order valence-electron chi connectivity index (χ1n) is 11.6. The van der Waals surface area contributed by atoms with Gasteiger partial charge in [-0.3, -0.25) is 4.68 Å². The van der Waals surface area contributed by atoms with Crippen molar-refractivity contribution in [1.82, 2.24) is 24.0 Å². The summed E-state index contributed by atoms with van der Waals surface area (Å²) >= 11 is 0. The van der Waals surface area contributed by atoms with Gasteiger partial charge in [-0.2, -0.15) is 10.2 Å². The normalized spacial score (nSPS) is 13.7. The second-order valence-electron chi connectivity index (χ2n) is 8.94. The summed E-state index contributed by atoms with van der Waals surface area (Å²) < 4.78 is 17.9. The van der Waals surface area contributed by atoms with Crippen LogP contribution in [-0.2, 0) is 13.1 Å². The SMILES string of the molecule is COc1c[c]cn2nc(-c3cc4cccc(OCCn5cc(N)cn5)c4n3CC3CC3)c(C)c12. The molecule has 1 aliphatic carbocycles. The van der Waals surface area contributed by atoms with Crippen molar-refractivity contribution < 1.29 is 9.47 Å². The number of pyridine rings is 1. The van der Waals surface area contributed by atoms with Crippen LogP contribution in [-0.4, -0.2) is 37.7 Å². The molecule has 1 aliphatic rings. The number of methoxy groups -OCH3 is 1. The number of nitrogen functional groups attached to an aromatic ring is 1. The standard InChI is InChI=1S/C26H27N6O2/c1-17-24(29-32-10-4-7-22(33-2)25(17)32)21-13-19-5-3-6-23(26(19)31(21)15-18-8-9-18)34-12-11-30-16-20(27)14-28-30/h3,5-7,10,13-14,16,18H,8-9,11-12,15,27H2,1-2H3. The Labute approximate surface area is 197 Å². The van der Waals surface area contributed by atoms with Crippen LogP contribution in [0.2, 0.25) is 0 Å². The quantitative estimate of drug-likeness (QED) is 0.376. The third-order valence-corrected chi connectivity index (χ3v) is 6.51. The fourth-order valence-electron chi connectivity index (χ4n) is 4.66. The minimum atomic E-state index is 0.505. The minimum Gasteiger partial charge on any atom is -0.494 e. The van der Waals surface area contributed by atoms with Crippen molar-refractivity contribution in [3.8, 4) is 22.9 Å². The summed E-state index contributed by atoms with van der Waals surface area (Å²) in [6, 6.07) is 13.4. The zero-order chi connectivity index (χ0) is 23.2. The van der Waals surface area contributed by atoms with Crippen LogP contribution in [0.25, 0.3) is 27.8 Å². The van der Waals surface area contributed by atoms with Crippen molar-refractivity contribution in [2.45, 2.75) is 32.9 Å². The summed E-state index contributed by atoms with van der Waals surface area (Å²) in [7, 11) is 1.68. The van der Waals surface area contributed by atoms with E-state index in [1.54, 1.807) is 18.0 Å². The van der Waals surface area contributed by atoms with Gasteiger partial charge in [-0.15, -0.1) is 0 Å². The lowest BCUT2D eigenvalue weighted by Gasteiger charge is -2.13. The molecule has 0 aliphatic heterocycles. The predicted octanol–water partition coefficient (Wildman–Crippen LogP) is 4.34. The van der Waals surface area contributed by atoms with Gasteiger partial charge in [0, 0.05) is 36.0 Å². The molecule has 0 atom stereocenters. The van der Waals surface area contributed by atoms with Crippen LogP contribution >= 0.6 is 0 Å². The van der Waals surface area contributed by atoms with E-state index in [0.29, 0.717) is 24.8 Å². The van der Waals surface area contributed by atoms with Crippen molar-refractivity contribution in [1.29, 1.82) is 0 Å². The number of para-hydroxylation sites is 1. The maximum atomic E-state index is 6.28. The van der Waals surface area contributed by atoms with Crippen LogP contribution in [0, 0.1) is 18.9 Å². The third kappa shape index (κ3) is 3.55. The van der Waals surface area contributed by atoms with Crippen LogP contribution in [0.3, 0.4) is 0 Å². The molecule has 0 bridgehead atoms. The minimum absolute atomic E-state index is 0.505. The fraction of sp³-hybridized carbons (Fsp3) is 0.308. The van der Waals surface area contributed by atoms with Gasteiger partial charge in [-0.1, -0.05) is 12.1 Å². The molecule has 2 N–H and O–H groups in total. The summed E-state index contributed by atoms with van der Waals surface area (Å²) in [5, 5.41) is 10.3. The zero-order valence-corrected chi connectivity index (χ0v) is 19.4. The molecule has 8 nitrogen and oxygen atoms in total. The molecule has 8 heteroatoms. The van der Waals surface area contributed by atoms with E-state index in [-0.39, 0.29) is 0 Å². The largest absolute Gasteiger partial charge is 0.494 e. The first-order valence-corrected chi connectivity index (χ1v) is 11.6. The molecule has 0 spiro atoms. The van der Waals surface area contributed by atoms with Gasteiger partial charge < -0.3 is 19.8 Å². The lowest BCUT2D eigenvalue weighted by atomic mass is 10.1. The van der Waals surface area contributed by atoms with E-state index >= 15 is 0 Å². The van der Waals surface area contributed by atoms with Crippen molar-refractivity contribution in [3.63, 3.8) is 0 Å². The van der Waals surface area contributed by atoms with Crippen LogP contribution in [0.5, 0.6) is 11.5 Å². The summed E-state index contributed by atoms with van der Waals surface area (Å²) in [5.41, 5.74) is 11.6. The van der Waals surface area contributed by atoms with Gasteiger partial charge in [0.15, 0.2) is 0 Å². The number of hydrogen-bond donors (Lipinski definition) is 1. The maximum Gasteiger partial charge on any atom is 0.145 e. The Morgan fingerprint density at radius 3 is 2.85 bits per heavy atom. The molecule has 1 radical (unpaired) electrons. The van der Waals surface area contributed by atoms with Crippen LogP contribution in [0.1, 0.15) is 18.4 Å². The number of nitrogens with zero attached hydrogens (tertiary/aromatic N) is 5. The maximum absolute atomic E-state index is 6.28. The zero-order valence-electron chi connectivity index (χ0n) is 19.4. The topological polar surface area (TPSA) is 84.5 Å². The molecule has 4 heterocycles. The number of ether oxygens (including phenoxy) is 2. The van der Waals surface area contributed by atoms with Crippen LogP contribution in [0.4, 0.5) is 5.69 Å². The number of anilines is 1. The van der Waals surface area contributed by atoms with E-state index < -0.39 is 0 Å². The molecular weight excluding hydrogens is 428 g/mol. The number of nitrogens with two attached hydrogens (primary N) is 1. The van der Waals surface area contributed by atoms with Gasteiger partial charge in [0.2, 0.25) is 0 Å². The molecule has 4 aromatic heterocycles. The summed E-state index contributed by atoms with van der Waals surface area (Å²) in [6.07, 6.45) is 7.83. The highest BCUT2D eigenvalue weighted by Crippen LogP contribution is 2.40. The Hall–Kier alpha value is -3.94. The van der Waals surface area contributed by atoms with Crippen LogP contribution < -0.4 is 15.2 Å². The first-order chi connectivity index (χ1) is 16.6. The van der Waals surface area contributed by atoms with Crippen molar-refractivity contribution >= 4 is 22.1 Å². The molecule has 1 aromatic carbocycles. The molecule has 173 valence electrons. The summed E-state index contributed by atoms with van der Waals surface area (Å²) in [4.78, 5) is 0. The number of fused-ring (bicyclic) bond motifs is 2. The van der Waals surface area contributed by atoms with Crippen molar-refractivity contribution in [2.75, 3.05) is 19.5 Å². The van der Waals surface area contributed by atoms with E-state index in [0.717, 1.165) is 51.4 Å². The molecule has 0 saturated heterocycles. The molecule has 0 amide bonds. The van der Waals surface area contributed by atoms with Crippen LogP contribution in [0.15, 0.2) is 48.9 Å². The molecule has 1 saturated carbocycles. The fourth-order valence-corrected chi connectivity index (χ4v) is 4.66.